The van der Waals surface area contributed by atoms with Crippen molar-refractivity contribution in [3.8, 4) is 0 Å². The van der Waals surface area contributed by atoms with Crippen LogP contribution >= 0.6 is 0 Å². The largest absolute Gasteiger partial charge is 0.516 e. The predicted octanol–water partition coefficient (Wildman–Crippen LogP) is 5.21. The maximum atomic E-state index is 7.89. The molecule has 0 atom stereocenters. The van der Waals surface area contributed by atoms with Gasteiger partial charge in [-0.05, 0) is 6.42 Å². The normalized spacial score (nSPS) is 7.27. The summed E-state index contributed by atoms with van der Waals surface area (Å²) in [5, 5.41) is 7.89. The first kappa shape index (κ1) is 19.4. The summed E-state index contributed by atoms with van der Waals surface area (Å²) >= 11 is 0. The standard InChI is InChI=1S/C6H6.C4H8O.2C2H6/c1-2-4-6-5-3-1;1-2-3-4-5;2*1-2/h1-6H;3-5H,2H2,1H3;2*1-2H3. The molecule has 1 N–H and O–H groups in total. The monoisotopic (exact) mass is 210 g/mol. The second-order valence-corrected chi connectivity index (χ2v) is 1.95. The highest BCUT2D eigenvalue weighted by Gasteiger charge is 1.57. The first-order valence-electron chi connectivity index (χ1n) is 5.71. The van der Waals surface area contributed by atoms with Gasteiger partial charge in [0, 0.05) is 0 Å². The van der Waals surface area contributed by atoms with Crippen LogP contribution in [0.25, 0.3) is 0 Å². The third-order valence-corrected chi connectivity index (χ3v) is 1.01. The van der Waals surface area contributed by atoms with Gasteiger partial charge in [-0.15, -0.1) is 0 Å². The van der Waals surface area contributed by atoms with Gasteiger partial charge >= 0.3 is 0 Å². The molecule has 0 amide bonds. The molecule has 1 aromatic rings. The molecule has 1 heteroatoms. The highest BCUT2D eigenvalue weighted by atomic mass is 16.2. The van der Waals surface area contributed by atoms with Crippen molar-refractivity contribution in [1.29, 1.82) is 0 Å². The molecular weight excluding hydrogens is 184 g/mol. The zero-order chi connectivity index (χ0) is 12.4. The average molecular weight is 210 g/mol. The molecule has 0 saturated carbocycles. The van der Waals surface area contributed by atoms with Crippen molar-refractivity contribution in [2.24, 2.45) is 0 Å². The molecule has 0 aliphatic carbocycles. The van der Waals surface area contributed by atoms with Crippen molar-refractivity contribution >= 4 is 0 Å². The lowest BCUT2D eigenvalue weighted by Crippen LogP contribution is -1.48. The minimum absolute atomic E-state index is 0.913. The summed E-state index contributed by atoms with van der Waals surface area (Å²) in [5.41, 5.74) is 0. The van der Waals surface area contributed by atoms with Gasteiger partial charge in [0.25, 0.3) is 0 Å². The van der Waals surface area contributed by atoms with Gasteiger partial charge in [0.15, 0.2) is 0 Å². The quantitative estimate of drug-likeness (QED) is 0.631. The summed E-state index contributed by atoms with van der Waals surface area (Å²) in [7, 11) is 0. The summed E-state index contributed by atoms with van der Waals surface area (Å²) in [4.78, 5) is 0. The van der Waals surface area contributed by atoms with Gasteiger partial charge in [-0.3, -0.25) is 0 Å². The van der Waals surface area contributed by atoms with Crippen LogP contribution in [-0.2, 0) is 0 Å². The molecule has 1 rings (SSSR count). The molecule has 0 aromatic heterocycles. The van der Waals surface area contributed by atoms with E-state index >= 15 is 0 Å². The predicted molar refractivity (Wildman–Crippen MR) is 71.2 cm³/mol. The summed E-state index contributed by atoms with van der Waals surface area (Å²) < 4.78 is 0. The van der Waals surface area contributed by atoms with Crippen LogP contribution in [0, 0.1) is 0 Å². The van der Waals surface area contributed by atoms with E-state index in [0.717, 1.165) is 12.7 Å². The number of benzene rings is 1. The van der Waals surface area contributed by atoms with Crippen LogP contribution in [0.5, 0.6) is 0 Å². The van der Waals surface area contributed by atoms with E-state index in [-0.39, 0.29) is 0 Å². The molecule has 0 radical (unpaired) electrons. The number of aliphatic hydroxyl groups excluding tert-OH is 1. The van der Waals surface area contributed by atoms with E-state index in [4.69, 9.17) is 5.11 Å². The van der Waals surface area contributed by atoms with Crippen LogP contribution in [0.2, 0.25) is 0 Å². The van der Waals surface area contributed by atoms with Crippen LogP contribution in [0.1, 0.15) is 41.0 Å². The van der Waals surface area contributed by atoms with Crippen molar-refractivity contribution in [3.05, 3.63) is 48.7 Å². The van der Waals surface area contributed by atoms with Crippen LogP contribution in [0.3, 0.4) is 0 Å². The molecule has 0 aliphatic rings. The molecule has 0 heterocycles. The Balaban J connectivity index is -0.000000146. The third-order valence-electron chi connectivity index (χ3n) is 1.01. The Labute approximate surface area is 95.5 Å². The number of hydrogen-bond acceptors (Lipinski definition) is 1. The molecular formula is C14H26O. The van der Waals surface area contributed by atoms with Gasteiger partial charge in [0.1, 0.15) is 0 Å². The molecule has 0 fully saturated rings. The van der Waals surface area contributed by atoms with Crippen molar-refractivity contribution in [3.63, 3.8) is 0 Å². The Morgan fingerprint density at radius 2 is 1.07 bits per heavy atom. The molecule has 1 aromatic carbocycles. The Hall–Kier alpha value is -1.24. The van der Waals surface area contributed by atoms with Crippen LogP contribution in [0.15, 0.2) is 48.7 Å². The van der Waals surface area contributed by atoms with Crippen LogP contribution in [-0.4, -0.2) is 5.11 Å². The van der Waals surface area contributed by atoms with Gasteiger partial charge in [-0.2, -0.15) is 0 Å². The van der Waals surface area contributed by atoms with Crippen molar-refractivity contribution < 1.29 is 5.11 Å². The topological polar surface area (TPSA) is 20.2 Å². The lowest BCUT2D eigenvalue weighted by molar-refractivity contribution is 0.471. The molecule has 0 bridgehead atoms. The van der Waals surface area contributed by atoms with E-state index in [9.17, 15) is 0 Å². The van der Waals surface area contributed by atoms with Crippen LogP contribution < -0.4 is 0 Å². The second kappa shape index (κ2) is 29.3. The molecule has 0 saturated heterocycles. The smallest absolute Gasteiger partial charge is 0.0751 e. The lowest BCUT2D eigenvalue weighted by atomic mass is 10.4. The van der Waals surface area contributed by atoms with Gasteiger partial charge in [-0.25, -0.2) is 0 Å². The molecule has 88 valence electrons. The Morgan fingerprint density at radius 1 is 0.800 bits per heavy atom. The highest BCUT2D eigenvalue weighted by Crippen LogP contribution is 1.79. The average Bonchev–Trinajstić information content (AvgIpc) is 2.38. The molecule has 0 unspecified atom stereocenters. The van der Waals surface area contributed by atoms with Crippen molar-refractivity contribution in [1.82, 2.24) is 0 Å². The number of hydrogen-bond donors (Lipinski definition) is 1. The molecule has 15 heavy (non-hydrogen) atoms. The number of aliphatic hydroxyl groups is 1. The van der Waals surface area contributed by atoms with Crippen LogP contribution in [0.4, 0.5) is 0 Å². The minimum atomic E-state index is 0.913. The van der Waals surface area contributed by atoms with Gasteiger partial charge < -0.3 is 5.11 Å². The Kier molecular flexibility index (Phi) is 37.8. The Bertz CT molecular complexity index is 141. The first-order chi connectivity index (χ1) is 7.41. The lowest BCUT2D eigenvalue weighted by Gasteiger charge is -1.69. The third kappa shape index (κ3) is 32.3. The van der Waals surface area contributed by atoms with E-state index in [2.05, 4.69) is 0 Å². The van der Waals surface area contributed by atoms with E-state index in [1.807, 2.05) is 71.0 Å². The fourth-order valence-electron chi connectivity index (χ4n) is 0.490. The van der Waals surface area contributed by atoms with Crippen molar-refractivity contribution in [2.45, 2.75) is 41.0 Å². The molecule has 1 nitrogen and oxygen atoms in total. The SMILES string of the molecule is CC.CC.CCC=CO.c1ccccc1. The van der Waals surface area contributed by atoms with E-state index in [1.54, 1.807) is 6.08 Å². The highest BCUT2D eigenvalue weighted by molar-refractivity contribution is 4.99. The maximum absolute atomic E-state index is 7.89. The number of rotatable bonds is 1. The summed E-state index contributed by atoms with van der Waals surface area (Å²) in [6.07, 6.45) is 3.65. The zero-order valence-electron chi connectivity index (χ0n) is 10.8. The van der Waals surface area contributed by atoms with Gasteiger partial charge in [0.05, 0.1) is 6.26 Å². The van der Waals surface area contributed by atoms with E-state index in [0.29, 0.717) is 0 Å². The minimum Gasteiger partial charge on any atom is -0.516 e. The summed E-state index contributed by atoms with van der Waals surface area (Å²) in [5.74, 6) is 0. The first-order valence-corrected chi connectivity index (χ1v) is 5.71. The zero-order valence-corrected chi connectivity index (χ0v) is 10.8. The van der Waals surface area contributed by atoms with Gasteiger partial charge in [-0.1, -0.05) is 77.1 Å². The summed E-state index contributed by atoms with van der Waals surface area (Å²) in [6, 6.07) is 12.0. The molecule has 0 spiro atoms. The maximum Gasteiger partial charge on any atom is 0.0751 e. The Morgan fingerprint density at radius 3 is 1.13 bits per heavy atom. The second-order valence-electron chi connectivity index (χ2n) is 1.95. The summed E-state index contributed by atoms with van der Waals surface area (Å²) in [6.45, 7) is 9.96. The van der Waals surface area contributed by atoms with Crippen molar-refractivity contribution in [2.75, 3.05) is 0 Å². The molecule has 0 aliphatic heterocycles. The fraction of sp³-hybridized carbons (Fsp3) is 0.429. The van der Waals surface area contributed by atoms with E-state index < -0.39 is 0 Å². The van der Waals surface area contributed by atoms with E-state index in [1.165, 1.54) is 0 Å². The number of allylic oxidation sites excluding steroid dienone is 1. The fourth-order valence-corrected chi connectivity index (χ4v) is 0.490. The van der Waals surface area contributed by atoms with Gasteiger partial charge in [0.2, 0.25) is 0 Å².